The summed E-state index contributed by atoms with van der Waals surface area (Å²) in [5.41, 5.74) is 9.13. The number of hydrogen-bond acceptors (Lipinski definition) is 3. The van der Waals surface area contributed by atoms with E-state index in [0.29, 0.717) is 0 Å². The normalized spacial score (nSPS) is 18.2. The first-order valence-electron chi connectivity index (χ1n) is 5.63. The molecular weight excluding hydrogens is 234 g/mol. The molecule has 0 spiro atoms. The molecule has 0 atom stereocenters. The lowest BCUT2D eigenvalue weighted by molar-refractivity contribution is 0.249. The molecule has 0 aromatic heterocycles. The maximum atomic E-state index is 6.45. The summed E-state index contributed by atoms with van der Waals surface area (Å²) in [6.07, 6.45) is 7.82. The summed E-state index contributed by atoms with van der Waals surface area (Å²) in [5, 5.41) is 0. The molecule has 88 valence electrons. The van der Waals surface area contributed by atoms with Gasteiger partial charge in [0.15, 0.2) is 0 Å². The first-order valence-corrected chi connectivity index (χ1v) is 8.07. The van der Waals surface area contributed by atoms with Gasteiger partial charge in [0.1, 0.15) is 0 Å². The third-order valence-corrected chi connectivity index (χ3v) is 5.16. The molecule has 2 rings (SSSR count). The monoisotopic (exact) mass is 253 g/mol. The Morgan fingerprint density at radius 2 is 1.75 bits per heavy atom. The van der Waals surface area contributed by atoms with E-state index in [4.69, 9.17) is 5.73 Å². The number of rotatable bonds is 3. The third-order valence-electron chi connectivity index (χ3n) is 3.50. The standard InChI is InChI=1S/C13H19NS2/c1-9-7-12(16-3)10(8-11(9)15-2)13(14)5-4-6-13/h7-8H,4-6,14H2,1-3H3. The highest BCUT2D eigenvalue weighted by atomic mass is 32.2. The van der Waals surface area contributed by atoms with Gasteiger partial charge in [-0.25, -0.2) is 0 Å². The fraction of sp³-hybridized carbons (Fsp3) is 0.538. The van der Waals surface area contributed by atoms with E-state index in [-0.39, 0.29) is 5.54 Å². The lowest BCUT2D eigenvalue weighted by Gasteiger charge is -2.40. The van der Waals surface area contributed by atoms with Gasteiger partial charge < -0.3 is 5.73 Å². The van der Waals surface area contributed by atoms with E-state index in [2.05, 4.69) is 31.6 Å². The highest BCUT2D eigenvalue weighted by molar-refractivity contribution is 7.99. The molecule has 1 saturated carbocycles. The van der Waals surface area contributed by atoms with Gasteiger partial charge in [-0.3, -0.25) is 0 Å². The Kier molecular flexibility index (Phi) is 3.57. The van der Waals surface area contributed by atoms with Gasteiger partial charge in [-0.05, 0) is 62.0 Å². The minimum atomic E-state index is -0.0451. The van der Waals surface area contributed by atoms with Crippen molar-refractivity contribution in [2.45, 2.75) is 41.5 Å². The van der Waals surface area contributed by atoms with Crippen LogP contribution in [0.3, 0.4) is 0 Å². The van der Waals surface area contributed by atoms with Crippen LogP contribution in [0.15, 0.2) is 21.9 Å². The number of nitrogens with two attached hydrogens (primary N) is 1. The molecule has 1 fully saturated rings. The number of thioether (sulfide) groups is 2. The largest absolute Gasteiger partial charge is 0.321 e. The summed E-state index contributed by atoms with van der Waals surface area (Å²) >= 11 is 3.63. The van der Waals surface area contributed by atoms with Crippen LogP contribution in [-0.2, 0) is 5.54 Å². The Morgan fingerprint density at radius 3 is 2.19 bits per heavy atom. The van der Waals surface area contributed by atoms with Gasteiger partial charge in [0.2, 0.25) is 0 Å². The van der Waals surface area contributed by atoms with Crippen molar-refractivity contribution in [1.29, 1.82) is 0 Å². The SMILES string of the molecule is CSc1cc(C2(N)CCC2)c(SC)cc1C. The van der Waals surface area contributed by atoms with Gasteiger partial charge >= 0.3 is 0 Å². The van der Waals surface area contributed by atoms with Gasteiger partial charge in [0.25, 0.3) is 0 Å². The molecule has 0 radical (unpaired) electrons. The van der Waals surface area contributed by atoms with Crippen molar-refractivity contribution in [2.75, 3.05) is 12.5 Å². The van der Waals surface area contributed by atoms with Crippen LogP contribution >= 0.6 is 23.5 Å². The maximum absolute atomic E-state index is 6.45. The van der Waals surface area contributed by atoms with Crippen LogP contribution in [0.25, 0.3) is 0 Å². The summed E-state index contributed by atoms with van der Waals surface area (Å²) in [6, 6.07) is 4.60. The van der Waals surface area contributed by atoms with Crippen LogP contribution in [0.1, 0.15) is 30.4 Å². The molecule has 0 heterocycles. The van der Waals surface area contributed by atoms with Crippen molar-refractivity contribution in [3.8, 4) is 0 Å². The summed E-state index contributed by atoms with van der Waals surface area (Å²) in [5.74, 6) is 0. The third kappa shape index (κ3) is 2.01. The molecule has 0 saturated heterocycles. The predicted molar refractivity (Wildman–Crippen MR) is 74.5 cm³/mol. The molecule has 0 amide bonds. The quantitative estimate of drug-likeness (QED) is 0.830. The minimum absolute atomic E-state index is 0.0451. The molecular formula is C13H19NS2. The second-order valence-electron chi connectivity index (χ2n) is 4.53. The van der Waals surface area contributed by atoms with Crippen LogP contribution in [0.5, 0.6) is 0 Å². The number of aryl methyl sites for hydroxylation is 1. The van der Waals surface area contributed by atoms with Crippen LogP contribution in [0.2, 0.25) is 0 Å². The van der Waals surface area contributed by atoms with E-state index < -0.39 is 0 Å². The van der Waals surface area contributed by atoms with Crippen LogP contribution in [-0.4, -0.2) is 12.5 Å². The van der Waals surface area contributed by atoms with Crippen molar-refractivity contribution in [2.24, 2.45) is 5.73 Å². The smallest absolute Gasteiger partial charge is 0.0421 e. The second-order valence-corrected chi connectivity index (χ2v) is 6.23. The zero-order chi connectivity index (χ0) is 11.8. The second kappa shape index (κ2) is 4.63. The molecule has 0 bridgehead atoms. The van der Waals surface area contributed by atoms with Gasteiger partial charge in [0.05, 0.1) is 0 Å². The van der Waals surface area contributed by atoms with Gasteiger partial charge in [-0.15, -0.1) is 23.5 Å². The van der Waals surface area contributed by atoms with Gasteiger partial charge in [-0.2, -0.15) is 0 Å². The van der Waals surface area contributed by atoms with Crippen molar-refractivity contribution in [3.63, 3.8) is 0 Å². The van der Waals surface area contributed by atoms with E-state index in [1.54, 1.807) is 0 Å². The topological polar surface area (TPSA) is 26.0 Å². The molecule has 2 N–H and O–H groups in total. The Bertz CT molecular complexity index is 397. The minimum Gasteiger partial charge on any atom is -0.321 e. The fourth-order valence-electron chi connectivity index (χ4n) is 2.27. The molecule has 1 aromatic rings. The highest BCUT2D eigenvalue weighted by Crippen LogP contribution is 2.44. The highest BCUT2D eigenvalue weighted by Gasteiger charge is 2.36. The number of benzene rings is 1. The summed E-state index contributed by atoms with van der Waals surface area (Å²) in [7, 11) is 0. The van der Waals surface area contributed by atoms with E-state index in [1.165, 1.54) is 27.3 Å². The van der Waals surface area contributed by atoms with E-state index in [0.717, 1.165) is 12.8 Å². The van der Waals surface area contributed by atoms with Crippen molar-refractivity contribution >= 4 is 23.5 Å². The van der Waals surface area contributed by atoms with Crippen LogP contribution < -0.4 is 5.73 Å². The van der Waals surface area contributed by atoms with E-state index >= 15 is 0 Å². The lowest BCUT2D eigenvalue weighted by Crippen LogP contribution is -2.43. The predicted octanol–water partition coefficient (Wildman–Crippen LogP) is 3.78. The first-order chi connectivity index (χ1) is 7.60. The van der Waals surface area contributed by atoms with Crippen molar-refractivity contribution < 1.29 is 0 Å². The van der Waals surface area contributed by atoms with E-state index in [1.807, 2.05) is 23.5 Å². The Labute approximate surface area is 107 Å². The fourth-order valence-corrected chi connectivity index (χ4v) is 3.66. The molecule has 1 nitrogen and oxygen atoms in total. The van der Waals surface area contributed by atoms with Gasteiger partial charge in [0, 0.05) is 15.3 Å². The first kappa shape index (κ1) is 12.3. The molecule has 3 heteroatoms. The zero-order valence-corrected chi connectivity index (χ0v) is 11.8. The van der Waals surface area contributed by atoms with Crippen LogP contribution in [0.4, 0.5) is 0 Å². The van der Waals surface area contributed by atoms with E-state index in [9.17, 15) is 0 Å². The van der Waals surface area contributed by atoms with Crippen molar-refractivity contribution in [1.82, 2.24) is 0 Å². The molecule has 0 aliphatic heterocycles. The maximum Gasteiger partial charge on any atom is 0.0421 e. The van der Waals surface area contributed by atoms with Gasteiger partial charge in [-0.1, -0.05) is 0 Å². The summed E-state index contributed by atoms with van der Waals surface area (Å²) in [6.45, 7) is 2.18. The molecule has 1 aliphatic rings. The average molecular weight is 253 g/mol. The van der Waals surface area contributed by atoms with Crippen molar-refractivity contribution in [3.05, 3.63) is 23.3 Å². The average Bonchev–Trinajstić information content (AvgIpc) is 2.25. The number of hydrogen-bond donors (Lipinski definition) is 1. The Balaban J connectivity index is 2.49. The molecule has 0 unspecified atom stereocenters. The lowest BCUT2D eigenvalue weighted by atomic mass is 9.72. The zero-order valence-electron chi connectivity index (χ0n) is 10.2. The molecule has 16 heavy (non-hydrogen) atoms. The van der Waals surface area contributed by atoms with Crippen LogP contribution in [0, 0.1) is 6.92 Å². The Morgan fingerprint density at radius 1 is 1.12 bits per heavy atom. The summed E-state index contributed by atoms with van der Waals surface area (Å²) < 4.78 is 0. The summed E-state index contributed by atoms with van der Waals surface area (Å²) in [4.78, 5) is 2.72. The Hall–Kier alpha value is -0.120. The molecule has 1 aliphatic carbocycles. The molecule has 1 aromatic carbocycles.